The maximum atomic E-state index is 13.7. The van der Waals surface area contributed by atoms with E-state index in [-0.39, 0.29) is 11.8 Å². The van der Waals surface area contributed by atoms with Gasteiger partial charge in [0.1, 0.15) is 11.6 Å². The molecule has 0 aliphatic heterocycles. The average molecular weight is 308 g/mol. The molecule has 23 heavy (non-hydrogen) atoms. The zero-order valence-electron chi connectivity index (χ0n) is 13.0. The lowest BCUT2D eigenvalue weighted by Crippen LogP contribution is -2.06. The van der Waals surface area contributed by atoms with E-state index in [0.717, 1.165) is 40.8 Å². The van der Waals surface area contributed by atoms with Gasteiger partial charge in [-0.05, 0) is 71.8 Å². The molecule has 1 aliphatic rings. The first-order chi connectivity index (χ1) is 11.1. The van der Waals surface area contributed by atoms with Crippen LogP contribution in [0, 0.1) is 5.82 Å². The molecule has 0 bridgehead atoms. The SMILES string of the molecule is CC(=O)Oc1c2ccc(F)cc2cc2c3c(ccc12)CCCC3. The highest BCUT2D eigenvalue weighted by Crippen LogP contribution is 2.39. The highest BCUT2D eigenvalue weighted by atomic mass is 19.1. The summed E-state index contributed by atoms with van der Waals surface area (Å²) in [7, 11) is 0. The van der Waals surface area contributed by atoms with Crippen molar-refractivity contribution in [2.45, 2.75) is 32.6 Å². The quantitative estimate of drug-likeness (QED) is 0.362. The van der Waals surface area contributed by atoms with Gasteiger partial charge >= 0.3 is 5.97 Å². The number of esters is 1. The molecule has 2 nitrogen and oxygen atoms in total. The summed E-state index contributed by atoms with van der Waals surface area (Å²) in [6, 6.07) is 10.8. The first kappa shape index (κ1) is 14.2. The van der Waals surface area contributed by atoms with Crippen LogP contribution in [-0.2, 0) is 17.6 Å². The third kappa shape index (κ3) is 2.37. The van der Waals surface area contributed by atoms with E-state index in [1.54, 1.807) is 6.07 Å². The van der Waals surface area contributed by atoms with E-state index in [0.29, 0.717) is 5.75 Å². The van der Waals surface area contributed by atoms with Crippen LogP contribution in [0.4, 0.5) is 4.39 Å². The maximum Gasteiger partial charge on any atom is 0.308 e. The van der Waals surface area contributed by atoms with Gasteiger partial charge < -0.3 is 4.74 Å². The van der Waals surface area contributed by atoms with E-state index in [2.05, 4.69) is 6.07 Å². The van der Waals surface area contributed by atoms with Crippen LogP contribution in [0.15, 0.2) is 36.4 Å². The molecule has 3 aromatic rings. The van der Waals surface area contributed by atoms with Gasteiger partial charge in [-0.2, -0.15) is 0 Å². The molecule has 0 aromatic heterocycles. The number of fused-ring (bicyclic) bond motifs is 4. The number of hydrogen-bond donors (Lipinski definition) is 0. The van der Waals surface area contributed by atoms with E-state index >= 15 is 0 Å². The first-order valence-corrected chi connectivity index (χ1v) is 7.98. The molecule has 0 N–H and O–H groups in total. The third-order valence-corrected chi connectivity index (χ3v) is 4.63. The van der Waals surface area contributed by atoms with E-state index in [1.807, 2.05) is 12.1 Å². The maximum absolute atomic E-state index is 13.7. The zero-order valence-corrected chi connectivity index (χ0v) is 13.0. The lowest BCUT2D eigenvalue weighted by Gasteiger charge is -2.20. The molecule has 4 rings (SSSR count). The number of ether oxygens (including phenoxy) is 1. The molecule has 0 radical (unpaired) electrons. The molecular weight excluding hydrogens is 291 g/mol. The predicted molar refractivity (Wildman–Crippen MR) is 89.4 cm³/mol. The Morgan fingerprint density at radius 2 is 1.78 bits per heavy atom. The summed E-state index contributed by atoms with van der Waals surface area (Å²) in [6.07, 6.45) is 4.47. The summed E-state index contributed by atoms with van der Waals surface area (Å²) >= 11 is 0. The minimum Gasteiger partial charge on any atom is -0.425 e. The van der Waals surface area contributed by atoms with Gasteiger partial charge in [0, 0.05) is 17.7 Å². The summed E-state index contributed by atoms with van der Waals surface area (Å²) in [5.74, 6) is -0.102. The van der Waals surface area contributed by atoms with Crippen LogP contribution < -0.4 is 4.74 Å². The van der Waals surface area contributed by atoms with Gasteiger partial charge in [0.2, 0.25) is 0 Å². The Morgan fingerprint density at radius 3 is 2.61 bits per heavy atom. The van der Waals surface area contributed by atoms with Gasteiger partial charge in [0.05, 0.1) is 0 Å². The summed E-state index contributed by atoms with van der Waals surface area (Å²) in [4.78, 5) is 11.6. The van der Waals surface area contributed by atoms with Gasteiger partial charge in [-0.3, -0.25) is 4.79 Å². The van der Waals surface area contributed by atoms with Crippen LogP contribution in [0.25, 0.3) is 21.5 Å². The zero-order chi connectivity index (χ0) is 16.0. The Bertz CT molecular complexity index is 943. The van der Waals surface area contributed by atoms with Gasteiger partial charge in [-0.15, -0.1) is 0 Å². The van der Waals surface area contributed by atoms with Crippen LogP contribution in [0.5, 0.6) is 5.75 Å². The Balaban J connectivity index is 2.12. The molecule has 1 aliphatic carbocycles. The van der Waals surface area contributed by atoms with E-state index in [1.165, 1.54) is 36.6 Å². The second-order valence-electron chi connectivity index (χ2n) is 6.17. The standard InChI is InChI=1S/C20H17FO2/c1-12(22)23-20-17-9-7-15(21)10-14(17)11-19-16-5-3-2-4-13(16)6-8-18(19)20/h6-11H,2-5H2,1H3. The lowest BCUT2D eigenvalue weighted by molar-refractivity contribution is -0.131. The van der Waals surface area contributed by atoms with Crippen LogP contribution in [0.3, 0.4) is 0 Å². The van der Waals surface area contributed by atoms with Gasteiger partial charge in [0.25, 0.3) is 0 Å². The first-order valence-electron chi connectivity index (χ1n) is 7.98. The number of carbonyl (C=O) groups is 1. The highest BCUT2D eigenvalue weighted by Gasteiger charge is 2.17. The predicted octanol–water partition coefficient (Wildman–Crippen LogP) is 4.94. The Morgan fingerprint density at radius 1 is 1.00 bits per heavy atom. The number of halogens is 1. The number of rotatable bonds is 1. The highest BCUT2D eigenvalue weighted by molar-refractivity contribution is 6.07. The minimum atomic E-state index is -0.360. The van der Waals surface area contributed by atoms with Crippen LogP contribution >= 0.6 is 0 Å². The molecule has 0 saturated carbocycles. The number of benzene rings is 3. The van der Waals surface area contributed by atoms with E-state index in [9.17, 15) is 9.18 Å². The lowest BCUT2D eigenvalue weighted by atomic mass is 9.86. The van der Waals surface area contributed by atoms with Crippen LogP contribution in [-0.4, -0.2) is 5.97 Å². The summed E-state index contributed by atoms with van der Waals surface area (Å²) in [6.45, 7) is 1.40. The normalized spacial score (nSPS) is 14.0. The molecule has 0 saturated heterocycles. The number of hydrogen-bond acceptors (Lipinski definition) is 2. The van der Waals surface area contributed by atoms with Gasteiger partial charge in [-0.25, -0.2) is 4.39 Å². The molecule has 3 aromatic carbocycles. The Hall–Kier alpha value is -2.42. The molecular formula is C20H17FO2. The van der Waals surface area contributed by atoms with E-state index < -0.39 is 0 Å². The fraction of sp³-hybridized carbons (Fsp3) is 0.250. The minimum absolute atomic E-state index is 0.282. The summed E-state index contributed by atoms with van der Waals surface area (Å²) < 4.78 is 19.2. The van der Waals surface area contributed by atoms with Crippen molar-refractivity contribution in [2.75, 3.05) is 0 Å². The van der Waals surface area contributed by atoms with Crippen molar-refractivity contribution in [2.24, 2.45) is 0 Å². The Kier molecular flexibility index (Phi) is 3.29. The molecule has 0 fully saturated rings. The Labute approximate surface area is 133 Å². The fourth-order valence-electron chi connectivity index (χ4n) is 3.63. The molecule has 0 amide bonds. The molecule has 0 unspecified atom stereocenters. The monoisotopic (exact) mass is 308 g/mol. The van der Waals surface area contributed by atoms with Crippen molar-refractivity contribution in [3.8, 4) is 5.75 Å². The number of carbonyl (C=O) groups excluding carboxylic acids is 1. The molecule has 0 heterocycles. The third-order valence-electron chi connectivity index (χ3n) is 4.63. The molecule has 0 spiro atoms. The fourth-order valence-corrected chi connectivity index (χ4v) is 3.63. The smallest absolute Gasteiger partial charge is 0.308 e. The topological polar surface area (TPSA) is 26.3 Å². The molecule has 0 atom stereocenters. The van der Waals surface area contributed by atoms with Gasteiger partial charge in [-0.1, -0.05) is 12.1 Å². The van der Waals surface area contributed by atoms with Crippen LogP contribution in [0.2, 0.25) is 0 Å². The molecule has 116 valence electrons. The summed E-state index contributed by atoms with van der Waals surface area (Å²) in [5.41, 5.74) is 2.67. The second-order valence-corrected chi connectivity index (χ2v) is 6.17. The van der Waals surface area contributed by atoms with Crippen molar-refractivity contribution in [3.05, 3.63) is 53.3 Å². The average Bonchev–Trinajstić information content (AvgIpc) is 2.54. The summed E-state index contributed by atoms with van der Waals surface area (Å²) in [5, 5.41) is 3.55. The second kappa shape index (κ2) is 5.34. The van der Waals surface area contributed by atoms with Crippen molar-refractivity contribution in [1.29, 1.82) is 0 Å². The van der Waals surface area contributed by atoms with Crippen molar-refractivity contribution in [1.82, 2.24) is 0 Å². The van der Waals surface area contributed by atoms with E-state index in [4.69, 9.17) is 4.74 Å². The largest absolute Gasteiger partial charge is 0.425 e. The van der Waals surface area contributed by atoms with Crippen LogP contribution in [0.1, 0.15) is 30.9 Å². The van der Waals surface area contributed by atoms with Gasteiger partial charge in [0.15, 0.2) is 0 Å². The van der Waals surface area contributed by atoms with Crippen molar-refractivity contribution < 1.29 is 13.9 Å². The molecule has 3 heteroatoms. The van der Waals surface area contributed by atoms with Crippen molar-refractivity contribution in [3.63, 3.8) is 0 Å². The van der Waals surface area contributed by atoms with Crippen molar-refractivity contribution >= 4 is 27.5 Å². The number of aryl methyl sites for hydroxylation is 2.